The Morgan fingerprint density at radius 1 is 1.08 bits per heavy atom. The molecule has 1 aliphatic rings. The number of carbonyl (C=O) groups excluding carboxylic acids is 2. The Kier molecular flexibility index (Phi) is 5.30. The summed E-state index contributed by atoms with van der Waals surface area (Å²) < 4.78 is 2.00. The van der Waals surface area contributed by atoms with E-state index in [1.165, 1.54) is 6.42 Å². The molecule has 0 spiro atoms. The van der Waals surface area contributed by atoms with Gasteiger partial charge in [-0.15, -0.1) is 0 Å². The number of aromatic nitrogens is 1. The Hall–Kier alpha value is -2.36. The van der Waals surface area contributed by atoms with Crippen molar-refractivity contribution in [3.05, 3.63) is 47.7 Å². The number of benzene rings is 1. The third-order valence-corrected chi connectivity index (χ3v) is 5.33. The van der Waals surface area contributed by atoms with Crippen LogP contribution in [0.1, 0.15) is 43.2 Å². The smallest absolute Gasteiger partial charge is 0.242 e. The van der Waals surface area contributed by atoms with Gasteiger partial charge in [0.15, 0.2) is 5.78 Å². The van der Waals surface area contributed by atoms with Crippen molar-refractivity contribution in [3.63, 3.8) is 0 Å². The minimum Gasteiger partial charge on any atom is -0.341 e. The summed E-state index contributed by atoms with van der Waals surface area (Å²) in [4.78, 5) is 27.0. The second-order valence-corrected chi connectivity index (χ2v) is 7.78. The summed E-state index contributed by atoms with van der Waals surface area (Å²) in [6.45, 7) is 9.85. The average Bonchev–Trinajstić information content (AvgIpc) is 2.92. The lowest BCUT2D eigenvalue weighted by atomic mass is 9.92. The lowest BCUT2D eigenvalue weighted by Crippen LogP contribution is -2.44. The minimum atomic E-state index is 0.0334. The number of likely N-dealkylation sites (tertiary alicyclic amines) is 1. The zero-order chi connectivity index (χ0) is 18.8. The first kappa shape index (κ1) is 18.4. The molecular weight excluding hydrogens is 324 g/mol. The zero-order valence-electron chi connectivity index (χ0n) is 16.2. The highest BCUT2D eigenvalue weighted by atomic mass is 16.2. The quantitative estimate of drug-likeness (QED) is 0.775. The third-order valence-electron chi connectivity index (χ3n) is 5.33. The summed E-state index contributed by atoms with van der Waals surface area (Å²) in [6.07, 6.45) is 1.18. The maximum absolute atomic E-state index is 13.0. The van der Waals surface area contributed by atoms with Crippen molar-refractivity contribution in [2.24, 2.45) is 11.8 Å². The van der Waals surface area contributed by atoms with Gasteiger partial charge in [-0.1, -0.05) is 44.2 Å². The summed E-state index contributed by atoms with van der Waals surface area (Å²) >= 11 is 0. The van der Waals surface area contributed by atoms with Crippen molar-refractivity contribution in [1.29, 1.82) is 0 Å². The first-order valence-electron chi connectivity index (χ1n) is 9.41. The number of rotatable bonds is 4. The third kappa shape index (κ3) is 3.74. The molecule has 3 rings (SSSR count). The molecule has 2 heterocycles. The predicted molar refractivity (Wildman–Crippen MR) is 104 cm³/mol. The van der Waals surface area contributed by atoms with Crippen LogP contribution in [0, 0.1) is 18.8 Å². The molecular formula is C22H28N2O2. The Morgan fingerprint density at radius 3 is 2.27 bits per heavy atom. The first-order valence-corrected chi connectivity index (χ1v) is 9.41. The molecule has 0 unspecified atom stereocenters. The van der Waals surface area contributed by atoms with E-state index in [9.17, 15) is 9.59 Å². The van der Waals surface area contributed by atoms with E-state index >= 15 is 0 Å². The summed E-state index contributed by atoms with van der Waals surface area (Å²) in [5.41, 5.74) is 3.51. The molecule has 0 saturated carbocycles. The molecule has 0 radical (unpaired) electrons. The van der Waals surface area contributed by atoms with Crippen molar-refractivity contribution >= 4 is 11.7 Å². The number of ketones is 1. The molecule has 1 fully saturated rings. The molecule has 4 nitrogen and oxygen atoms in total. The van der Waals surface area contributed by atoms with Crippen molar-refractivity contribution in [2.45, 2.75) is 40.7 Å². The van der Waals surface area contributed by atoms with E-state index in [2.05, 4.69) is 13.8 Å². The average molecular weight is 352 g/mol. The molecule has 26 heavy (non-hydrogen) atoms. The number of amides is 1. The lowest BCUT2D eigenvalue weighted by molar-refractivity contribution is -0.134. The molecule has 2 aromatic rings. The predicted octanol–water partition coefficient (Wildman–Crippen LogP) is 4.17. The standard InChI is InChI=1S/C22H28N2O2/c1-15-10-16(2)13-23(12-15)22(26)14-24-17(3)20(18(4)25)11-21(24)19-8-6-5-7-9-19/h5-9,11,15-16H,10,12-14H2,1-4H3/t15-,16-/m1/s1. The molecule has 1 saturated heterocycles. The fraction of sp³-hybridized carbons (Fsp3) is 0.455. The maximum atomic E-state index is 13.0. The van der Waals surface area contributed by atoms with Crippen LogP contribution in [0.2, 0.25) is 0 Å². The number of Topliss-reactive ketones (excluding diaryl/α,β-unsaturated/α-hetero) is 1. The van der Waals surface area contributed by atoms with Crippen LogP contribution in [-0.4, -0.2) is 34.2 Å². The molecule has 2 atom stereocenters. The summed E-state index contributed by atoms with van der Waals surface area (Å²) in [6, 6.07) is 11.9. The summed E-state index contributed by atoms with van der Waals surface area (Å²) in [7, 11) is 0. The van der Waals surface area contributed by atoms with Crippen LogP contribution in [0.15, 0.2) is 36.4 Å². The highest BCUT2D eigenvalue weighted by molar-refractivity contribution is 5.97. The molecule has 0 aliphatic carbocycles. The fourth-order valence-electron chi connectivity index (χ4n) is 4.16. The Labute approximate surface area is 155 Å². The monoisotopic (exact) mass is 352 g/mol. The van der Waals surface area contributed by atoms with Gasteiger partial charge in [-0.05, 0) is 43.7 Å². The highest BCUT2D eigenvalue weighted by Gasteiger charge is 2.27. The zero-order valence-corrected chi connectivity index (χ0v) is 16.2. The second-order valence-electron chi connectivity index (χ2n) is 7.78. The van der Waals surface area contributed by atoms with E-state index in [0.29, 0.717) is 17.4 Å². The van der Waals surface area contributed by atoms with Gasteiger partial charge in [0, 0.05) is 30.0 Å². The number of nitrogens with zero attached hydrogens (tertiary/aromatic N) is 2. The van der Waals surface area contributed by atoms with E-state index < -0.39 is 0 Å². The summed E-state index contributed by atoms with van der Waals surface area (Å²) in [5.74, 6) is 1.24. The fourth-order valence-corrected chi connectivity index (χ4v) is 4.16. The Bertz CT molecular complexity index is 797. The topological polar surface area (TPSA) is 42.3 Å². The number of carbonyl (C=O) groups is 2. The van der Waals surface area contributed by atoms with Gasteiger partial charge in [0.25, 0.3) is 0 Å². The van der Waals surface area contributed by atoms with Crippen LogP contribution < -0.4 is 0 Å². The lowest BCUT2D eigenvalue weighted by Gasteiger charge is -2.35. The van der Waals surface area contributed by atoms with Crippen LogP contribution in [0.4, 0.5) is 0 Å². The molecule has 1 aromatic heterocycles. The SMILES string of the molecule is CC(=O)c1cc(-c2ccccc2)n(CC(=O)N2C[C@H](C)C[C@@H](C)C2)c1C. The normalized spacial score (nSPS) is 20.2. The maximum Gasteiger partial charge on any atom is 0.242 e. The molecule has 0 bridgehead atoms. The van der Waals surface area contributed by atoms with Gasteiger partial charge in [-0.25, -0.2) is 0 Å². The molecule has 4 heteroatoms. The van der Waals surface area contributed by atoms with Gasteiger partial charge in [-0.2, -0.15) is 0 Å². The molecule has 1 amide bonds. The number of hydrogen-bond donors (Lipinski definition) is 0. The van der Waals surface area contributed by atoms with Crippen LogP contribution >= 0.6 is 0 Å². The second kappa shape index (κ2) is 7.48. The molecule has 0 N–H and O–H groups in total. The van der Waals surface area contributed by atoms with Gasteiger partial charge in [-0.3, -0.25) is 9.59 Å². The largest absolute Gasteiger partial charge is 0.341 e. The number of piperidine rings is 1. The van der Waals surface area contributed by atoms with Crippen LogP contribution in [-0.2, 0) is 11.3 Å². The van der Waals surface area contributed by atoms with E-state index in [-0.39, 0.29) is 18.2 Å². The molecule has 1 aromatic carbocycles. The highest BCUT2D eigenvalue weighted by Crippen LogP contribution is 2.27. The number of hydrogen-bond acceptors (Lipinski definition) is 2. The van der Waals surface area contributed by atoms with Gasteiger partial charge >= 0.3 is 0 Å². The van der Waals surface area contributed by atoms with E-state index in [0.717, 1.165) is 30.0 Å². The molecule has 1 aliphatic heterocycles. The van der Waals surface area contributed by atoms with Gasteiger partial charge < -0.3 is 9.47 Å². The van der Waals surface area contributed by atoms with Crippen LogP contribution in [0.25, 0.3) is 11.3 Å². The Morgan fingerprint density at radius 2 is 1.69 bits per heavy atom. The summed E-state index contributed by atoms with van der Waals surface area (Å²) in [5, 5.41) is 0. The van der Waals surface area contributed by atoms with Crippen LogP contribution in [0.3, 0.4) is 0 Å². The van der Waals surface area contributed by atoms with Gasteiger partial charge in [0.1, 0.15) is 6.54 Å². The van der Waals surface area contributed by atoms with Gasteiger partial charge in [0.05, 0.1) is 0 Å². The van der Waals surface area contributed by atoms with E-state index in [4.69, 9.17) is 0 Å². The minimum absolute atomic E-state index is 0.0334. The van der Waals surface area contributed by atoms with Crippen molar-refractivity contribution < 1.29 is 9.59 Å². The van der Waals surface area contributed by atoms with E-state index in [1.54, 1.807) is 6.92 Å². The molecule has 138 valence electrons. The first-order chi connectivity index (χ1) is 12.4. The Balaban J connectivity index is 1.93. The van der Waals surface area contributed by atoms with Crippen molar-refractivity contribution in [1.82, 2.24) is 9.47 Å². The van der Waals surface area contributed by atoms with Crippen LogP contribution in [0.5, 0.6) is 0 Å². The van der Waals surface area contributed by atoms with Gasteiger partial charge in [0.2, 0.25) is 5.91 Å². The van der Waals surface area contributed by atoms with Crippen molar-refractivity contribution in [3.8, 4) is 11.3 Å². The van der Waals surface area contributed by atoms with E-state index in [1.807, 2.05) is 52.8 Å². The van der Waals surface area contributed by atoms with Crippen molar-refractivity contribution in [2.75, 3.05) is 13.1 Å².